The summed E-state index contributed by atoms with van der Waals surface area (Å²) in [7, 11) is 1.58. The van der Waals surface area contributed by atoms with E-state index in [9.17, 15) is 14.9 Å². The van der Waals surface area contributed by atoms with Gasteiger partial charge in [-0.25, -0.2) is 5.01 Å². The highest BCUT2D eigenvalue weighted by atomic mass is 32.1. The van der Waals surface area contributed by atoms with Crippen molar-refractivity contribution in [2.75, 3.05) is 7.11 Å². The molecule has 1 aliphatic heterocycles. The molecule has 29 heavy (non-hydrogen) atoms. The van der Waals surface area contributed by atoms with E-state index in [1.165, 1.54) is 22.4 Å². The maximum absolute atomic E-state index is 13.1. The van der Waals surface area contributed by atoms with Crippen molar-refractivity contribution in [3.63, 3.8) is 0 Å². The van der Waals surface area contributed by atoms with Crippen LogP contribution >= 0.6 is 11.3 Å². The summed E-state index contributed by atoms with van der Waals surface area (Å²) < 4.78 is 5.29. The van der Waals surface area contributed by atoms with E-state index in [1.807, 2.05) is 29.6 Å². The summed E-state index contributed by atoms with van der Waals surface area (Å²) in [5, 5.41) is 19.3. The number of nitrogens with zero attached hydrogens (tertiary/aromatic N) is 3. The summed E-state index contributed by atoms with van der Waals surface area (Å²) in [6.45, 7) is 0. The summed E-state index contributed by atoms with van der Waals surface area (Å²) in [6, 6.07) is 16.8. The van der Waals surface area contributed by atoms with Gasteiger partial charge in [-0.2, -0.15) is 5.10 Å². The molecular formula is C21H17N3O4S. The zero-order chi connectivity index (χ0) is 20.4. The number of carbonyl (C=O) groups is 1. The fraction of sp³-hybridized carbons (Fsp3) is 0.143. The van der Waals surface area contributed by atoms with Crippen molar-refractivity contribution < 1.29 is 14.5 Å². The lowest BCUT2D eigenvalue weighted by molar-refractivity contribution is -0.385. The molecule has 0 spiro atoms. The number of amides is 1. The second-order valence-electron chi connectivity index (χ2n) is 6.44. The Bertz CT molecular complexity index is 1090. The van der Waals surface area contributed by atoms with Crippen LogP contribution in [0.4, 0.5) is 5.69 Å². The number of benzene rings is 2. The van der Waals surface area contributed by atoms with Crippen LogP contribution in [0.1, 0.15) is 33.3 Å². The van der Waals surface area contributed by atoms with Gasteiger partial charge in [0, 0.05) is 18.1 Å². The molecule has 0 fully saturated rings. The smallest absolute Gasteiger partial charge is 0.284 e. The topological polar surface area (TPSA) is 85.0 Å². The number of rotatable bonds is 5. The van der Waals surface area contributed by atoms with Crippen LogP contribution in [0.3, 0.4) is 0 Å². The van der Waals surface area contributed by atoms with Crippen molar-refractivity contribution in [2.45, 2.75) is 12.5 Å². The number of thiophene rings is 1. The molecule has 2 heterocycles. The van der Waals surface area contributed by atoms with E-state index in [2.05, 4.69) is 5.10 Å². The Kier molecular flexibility index (Phi) is 5.09. The van der Waals surface area contributed by atoms with Gasteiger partial charge in [0.25, 0.3) is 11.6 Å². The highest BCUT2D eigenvalue weighted by Crippen LogP contribution is 2.38. The van der Waals surface area contributed by atoms with Crippen LogP contribution in [0.2, 0.25) is 0 Å². The number of para-hydroxylation sites is 1. The molecular weight excluding hydrogens is 390 g/mol. The Morgan fingerprint density at radius 2 is 2.03 bits per heavy atom. The summed E-state index contributed by atoms with van der Waals surface area (Å²) in [6.07, 6.45) is 0.370. The van der Waals surface area contributed by atoms with E-state index >= 15 is 0 Å². The molecule has 0 saturated carbocycles. The first-order valence-electron chi connectivity index (χ1n) is 8.91. The lowest BCUT2D eigenvalue weighted by Crippen LogP contribution is -2.26. The highest BCUT2D eigenvalue weighted by Gasteiger charge is 2.37. The second-order valence-corrected chi connectivity index (χ2v) is 7.39. The zero-order valence-corrected chi connectivity index (χ0v) is 16.3. The van der Waals surface area contributed by atoms with Gasteiger partial charge in [-0.1, -0.05) is 30.3 Å². The molecule has 0 N–H and O–H groups in total. The van der Waals surface area contributed by atoms with Crippen LogP contribution in [0, 0.1) is 10.1 Å². The Labute approximate surface area is 171 Å². The third-order valence-electron chi connectivity index (χ3n) is 4.75. The number of nitro benzene ring substituents is 1. The lowest BCUT2D eigenvalue weighted by atomic mass is 9.97. The van der Waals surface area contributed by atoms with Crippen molar-refractivity contribution >= 4 is 28.6 Å². The van der Waals surface area contributed by atoms with E-state index in [4.69, 9.17) is 4.74 Å². The Hall–Kier alpha value is -3.52. The number of carbonyl (C=O) groups excluding carboxylic acids is 1. The molecule has 1 atom stereocenters. The highest BCUT2D eigenvalue weighted by molar-refractivity contribution is 7.12. The summed E-state index contributed by atoms with van der Waals surface area (Å²) in [4.78, 5) is 24.8. The Morgan fingerprint density at radius 3 is 2.76 bits per heavy atom. The van der Waals surface area contributed by atoms with Gasteiger partial charge in [0.05, 0.1) is 34.2 Å². The molecule has 1 amide bonds. The largest absolute Gasteiger partial charge is 0.497 e. The predicted molar refractivity (Wildman–Crippen MR) is 110 cm³/mol. The van der Waals surface area contributed by atoms with Gasteiger partial charge >= 0.3 is 0 Å². The van der Waals surface area contributed by atoms with Crippen molar-refractivity contribution in [2.24, 2.45) is 5.10 Å². The first-order valence-corrected chi connectivity index (χ1v) is 9.78. The third-order valence-corrected chi connectivity index (χ3v) is 5.60. The number of methoxy groups -OCH3 is 1. The van der Waals surface area contributed by atoms with Crippen LogP contribution in [0.25, 0.3) is 0 Å². The first kappa shape index (κ1) is 18.8. The van der Waals surface area contributed by atoms with Crippen molar-refractivity contribution in [1.82, 2.24) is 5.01 Å². The minimum absolute atomic E-state index is 0.0245. The summed E-state index contributed by atoms with van der Waals surface area (Å²) in [5.74, 6) is 0.400. The van der Waals surface area contributed by atoms with Crippen molar-refractivity contribution in [3.8, 4) is 5.75 Å². The van der Waals surface area contributed by atoms with Gasteiger partial charge in [0.1, 0.15) is 5.75 Å². The van der Waals surface area contributed by atoms with Gasteiger partial charge in [0.15, 0.2) is 0 Å². The molecule has 0 bridgehead atoms. The fourth-order valence-electron chi connectivity index (χ4n) is 3.37. The SMILES string of the molecule is COc1cccc(C2=NN(C(=O)c3cccs3)C(c3ccccc3[N+](=O)[O-])C2)c1. The molecule has 1 aromatic heterocycles. The zero-order valence-electron chi connectivity index (χ0n) is 15.5. The maximum Gasteiger partial charge on any atom is 0.284 e. The molecule has 0 radical (unpaired) electrons. The van der Waals surface area contributed by atoms with E-state index in [0.717, 1.165) is 5.56 Å². The minimum Gasteiger partial charge on any atom is -0.497 e. The van der Waals surface area contributed by atoms with Crippen LogP contribution < -0.4 is 4.74 Å². The fourth-order valence-corrected chi connectivity index (χ4v) is 4.02. The standard InChI is InChI=1S/C21H17N3O4S/c1-28-15-7-4-6-14(12-15)17-13-19(16-8-2-3-9-18(16)24(26)27)23(22-17)21(25)20-10-5-11-29-20/h2-12,19H,13H2,1H3. The van der Waals surface area contributed by atoms with Crippen LogP contribution in [-0.4, -0.2) is 28.7 Å². The predicted octanol–water partition coefficient (Wildman–Crippen LogP) is 4.66. The van der Waals surface area contributed by atoms with Crippen molar-refractivity contribution in [1.29, 1.82) is 0 Å². The molecule has 8 heteroatoms. The molecule has 1 unspecified atom stereocenters. The van der Waals surface area contributed by atoms with Gasteiger partial charge < -0.3 is 4.74 Å². The quantitative estimate of drug-likeness (QED) is 0.455. The van der Waals surface area contributed by atoms with Crippen molar-refractivity contribution in [3.05, 3.63) is 92.2 Å². The molecule has 146 valence electrons. The number of ether oxygens (including phenoxy) is 1. The van der Waals surface area contributed by atoms with Gasteiger partial charge in [-0.3, -0.25) is 14.9 Å². The Balaban J connectivity index is 1.78. The number of nitro groups is 1. The van der Waals surface area contributed by atoms with Crippen LogP contribution in [0.5, 0.6) is 5.75 Å². The molecule has 1 aliphatic rings. The van der Waals surface area contributed by atoms with Crippen LogP contribution in [-0.2, 0) is 0 Å². The first-order chi connectivity index (χ1) is 14.1. The molecule has 0 aliphatic carbocycles. The molecule has 3 aromatic rings. The number of hydrogen-bond acceptors (Lipinski definition) is 6. The Morgan fingerprint density at radius 1 is 1.21 bits per heavy atom. The second kappa shape index (κ2) is 7.84. The average Bonchev–Trinajstić information content (AvgIpc) is 3.43. The van der Waals surface area contributed by atoms with Gasteiger partial charge in [-0.05, 0) is 29.6 Å². The number of hydrogen-bond donors (Lipinski definition) is 0. The molecule has 2 aromatic carbocycles. The average molecular weight is 407 g/mol. The van der Waals surface area contributed by atoms with Crippen LogP contribution in [0.15, 0.2) is 71.1 Å². The minimum atomic E-state index is -0.563. The summed E-state index contributed by atoms with van der Waals surface area (Å²) in [5.41, 5.74) is 1.93. The molecule has 7 nitrogen and oxygen atoms in total. The normalized spacial score (nSPS) is 15.8. The monoisotopic (exact) mass is 407 g/mol. The van der Waals surface area contributed by atoms with E-state index in [0.29, 0.717) is 28.3 Å². The van der Waals surface area contributed by atoms with E-state index < -0.39 is 11.0 Å². The van der Waals surface area contributed by atoms with Gasteiger partial charge in [-0.15, -0.1) is 11.3 Å². The lowest BCUT2D eigenvalue weighted by Gasteiger charge is -2.21. The van der Waals surface area contributed by atoms with Gasteiger partial charge in [0.2, 0.25) is 0 Å². The van der Waals surface area contributed by atoms with E-state index in [1.54, 1.807) is 37.4 Å². The molecule has 4 rings (SSSR count). The third kappa shape index (κ3) is 3.62. The maximum atomic E-state index is 13.1. The van der Waals surface area contributed by atoms with E-state index in [-0.39, 0.29) is 11.6 Å². The summed E-state index contributed by atoms with van der Waals surface area (Å²) >= 11 is 1.31. The number of hydrazone groups is 1. The molecule has 0 saturated heterocycles.